The lowest BCUT2D eigenvalue weighted by atomic mass is 10.1. The van der Waals surface area contributed by atoms with Gasteiger partial charge in [0.05, 0.1) is 11.4 Å². The third-order valence-electron chi connectivity index (χ3n) is 4.51. The fourth-order valence-electron chi connectivity index (χ4n) is 3.03. The van der Waals surface area contributed by atoms with Crippen molar-refractivity contribution in [3.63, 3.8) is 0 Å². The van der Waals surface area contributed by atoms with Crippen molar-refractivity contribution in [1.29, 1.82) is 0 Å². The van der Waals surface area contributed by atoms with Crippen LogP contribution in [0.4, 0.5) is 0 Å². The highest BCUT2D eigenvalue weighted by molar-refractivity contribution is 7.99. The van der Waals surface area contributed by atoms with Crippen LogP contribution >= 0.6 is 23.4 Å². The number of ether oxygens (including phenoxy) is 1. The number of carbonyl (C=O) groups excluding carboxylic acids is 2. The van der Waals surface area contributed by atoms with Crippen LogP contribution in [0.15, 0.2) is 29.4 Å². The van der Waals surface area contributed by atoms with Crippen molar-refractivity contribution in [2.45, 2.75) is 32.5 Å². The number of carbonyl (C=O) groups is 2. The van der Waals surface area contributed by atoms with E-state index < -0.39 is 0 Å². The average molecular weight is 433 g/mol. The maximum atomic E-state index is 12.6. The average Bonchev–Trinajstić information content (AvgIpc) is 3.18. The highest BCUT2D eigenvalue weighted by Gasteiger charge is 2.20. The van der Waals surface area contributed by atoms with Gasteiger partial charge >= 0.3 is 0 Å². The van der Waals surface area contributed by atoms with Gasteiger partial charge in [0.15, 0.2) is 22.5 Å². The Kier molecular flexibility index (Phi) is 6.44. The lowest BCUT2D eigenvalue weighted by molar-refractivity contribution is 0.101. The van der Waals surface area contributed by atoms with E-state index in [4.69, 9.17) is 16.3 Å². The smallest absolute Gasteiger partial charge is 0.191 e. The Morgan fingerprint density at radius 1 is 1.21 bits per heavy atom. The Balaban J connectivity index is 1.63. The molecule has 0 aliphatic carbocycles. The van der Waals surface area contributed by atoms with Gasteiger partial charge < -0.3 is 14.3 Å². The van der Waals surface area contributed by atoms with Crippen molar-refractivity contribution >= 4 is 34.9 Å². The molecule has 0 saturated carbocycles. The first-order valence-electron chi connectivity index (χ1n) is 8.90. The summed E-state index contributed by atoms with van der Waals surface area (Å²) in [4.78, 5) is 27.4. The molecule has 3 rings (SSSR count). The number of hydrogen-bond acceptors (Lipinski definition) is 6. The van der Waals surface area contributed by atoms with E-state index in [-0.39, 0.29) is 23.9 Å². The van der Waals surface area contributed by atoms with Gasteiger partial charge in [0.2, 0.25) is 0 Å². The SMILES string of the molecule is CC(=O)c1c(C)[nH]c(C(=O)CSc2nnc(COc3ccc(Cl)cc3)n2C)c1C. The molecule has 0 unspecified atom stereocenters. The summed E-state index contributed by atoms with van der Waals surface area (Å²) in [7, 11) is 1.82. The Hall–Kier alpha value is -2.58. The summed E-state index contributed by atoms with van der Waals surface area (Å²) in [5.74, 6) is 1.36. The largest absolute Gasteiger partial charge is 0.486 e. The molecule has 0 aliphatic heterocycles. The van der Waals surface area contributed by atoms with Gasteiger partial charge in [-0.1, -0.05) is 23.4 Å². The zero-order valence-corrected chi connectivity index (χ0v) is 18.1. The van der Waals surface area contributed by atoms with Gasteiger partial charge in [0, 0.05) is 23.3 Å². The van der Waals surface area contributed by atoms with E-state index >= 15 is 0 Å². The van der Waals surface area contributed by atoms with Crippen LogP contribution in [0, 0.1) is 13.8 Å². The van der Waals surface area contributed by atoms with E-state index in [0.717, 1.165) is 0 Å². The number of rotatable bonds is 8. The highest BCUT2D eigenvalue weighted by Crippen LogP contribution is 2.23. The molecular formula is C20H21ClN4O3S. The van der Waals surface area contributed by atoms with E-state index in [1.165, 1.54) is 18.7 Å². The topological polar surface area (TPSA) is 89.9 Å². The second-order valence-electron chi connectivity index (χ2n) is 6.59. The number of H-pyrrole nitrogens is 1. The number of thioether (sulfide) groups is 1. The first kappa shape index (κ1) is 21.1. The van der Waals surface area contributed by atoms with Crippen molar-refractivity contribution in [2.24, 2.45) is 7.05 Å². The lowest BCUT2D eigenvalue weighted by Crippen LogP contribution is -2.07. The molecule has 0 fully saturated rings. The van der Waals surface area contributed by atoms with Crippen LogP contribution in [0.5, 0.6) is 5.75 Å². The molecule has 9 heteroatoms. The Labute approximate surface area is 177 Å². The molecule has 0 aliphatic rings. The fourth-order valence-corrected chi connectivity index (χ4v) is 3.96. The maximum absolute atomic E-state index is 12.6. The van der Waals surface area contributed by atoms with Crippen molar-refractivity contribution in [3.8, 4) is 5.75 Å². The van der Waals surface area contributed by atoms with E-state index in [0.29, 0.717) is 44.3 Å². The number of aromatic nitrogens is 4. The molecule has 7 nitrogen and oxygen atoms in total. The monoisotopic (exact) mass is 432 g/mol. The maximum Gasteiger partial charge on any atom is 0.191 e. The molecule has 0 radical (unpaired) electrons. The molecule has 152 valence electrons. The van der Waals surface area contributed by atoms with Gasteiger partial charge in [0.1, 0.15) is 12.4 Å². The minimum absolute atomic E-state index is 0.0541. The van der Waals surface area contributed by atoms with Gasteiger partial charge in [-0.25, -0.2) is 0 Å². The first-order valence-corrected chi connectivity index (χ1v) is 10.3. The summed E-state index contributed by atoms with van der Waals surface area (Å²) in [5.41, 5.74) is 2.45. The summed E-state index contributed by atoms with van der Waals surface area (Å²) in [6.07, 6.45) is 0. The van der Waals surface area contributed by atoms with Crippen LogP contribution in [-0.4, -0.2) is 37.1 Å². The zero-order chi connectivity index (χ0) is 21.1. The first-order chi connectivity index (χ1) is 13.8. The second kappa shape index (κ2) is 8.84. The molecule has 2 aromatic heterocycles. The summed E-state index contributed by atoms with van der Waals surface area (Å²) in [6, 6.07) is 7.07. The van der Waals surface area contributed by atoms with Gasteiger partial charge in [-0.2, -0.15) is 0 Å². The zero-order valence-electron chi connectivity index (χ0n) is 16.6. The third-order valence-corrected chi connectivity index (χ3v) is 5.78. The third kappa shape index (κ3) is 4.71. The number of benzene rings is 1. The second-order valence-corrected chi connectivity index (χ2v) is 7.97. The summed E-state index contributed by atoms with van der Waals surface area (Å²) in [6.45, 7) is 5.33. The molecule has 29 heavy (non-hydrogen) atoms. The number of Topliss-reactive ketones (excluding diaryl/α,β-unsaturated/α-hetero) is 2. The van der Waals surface area contributed by atoms with Crippen LogP contribution in [0.25, 0.3) is 0 Å². The highest BCUT2D eigenvalue weighted by atomic mass is 35.5. The van der Waals surface area contributed by atoms with Gasteiger partial charge in [-0.05, 0) is 50.6 Å². The number of nitrogens with one attached hydrogen (secondary N) is 1. The summed E-state index contributed by atoms with van der Waals surface area (Å²) in [5, 5.41) is 9.53. The van der Waals surface area contributed by atoms with Crippen LogP contribution < -0.4 is 4.74 Å². The fraction of sp³-hybridized carbons (Fsp3) is 0.300. The Bertz CT molecular complexity index is 1060. The summed E-state index contributed by atoms with van der Waals surface area (Å²) < 4.78 is 7.49. The molecular weight excluding hydrogens is 412 g/mol. The molecule has 0 atom stereocenters. The molecule has 0 saturated heterocycles. The Morgan fingerprint density at radius 2 is 1.90 bits per heavy atom. The van der Waals surface area contributed by atoms with Crippen LogP contribution in [0.2, 0.25) is 5.02 Å². The van der Waals surface area contributed by atoms with E-state index in [1.807, 2.05) is 7.05 Å². The number of aryl methyl sites for hydroxylation is 1. The standard InChI is InChI=1S/C20H21ClN4O3S/c1-11-18(13(3)26)12(2)22-19(11)16(27)10-29-20-24-23-17(25(20)4)9-28-15-7-5-14(21)6-8-15/h5-8,22H,9-10H2,1-4H3. The number of hydrogen-bond donors (Lipinski definition) is 1. The van der Waals surface area contributed by atoms with Gasteiger partial charge in [-0.3, -0.25) is 9.59 Å². The van der Waals surface area contributed by atoms with E-state index in [2.05, 4.69) is 15.2 Å². The minimum atomic E-state index is -0.0925. The molecule has 1 N–H and O–H groups in total. The van der Waals surface area contributed by atoms with Gasteiger partial charge in [0.25, 0.3) is 0 Å². The minimum Gasteiger partial charge on any atom is -0.486 e. The van der Waals surface area contributed by atoms with Crippen molar-refractivity contribution in [2.75, 3.05) is 5.75 Å². The van der Waals surface area contributed by atoms with Crippen LogP contribution in [0.1, 0.15) is 44.9 Å². The molecule has 0 bridgehead atoms. The van der Waals surface area contributed by atoms with Crippen LogP contribution in [-0.2, 0) is 13.7 Å². The summed E-state index contributed by atoms with van der Waals surface area (Å²) >= 11 is 7.15. The number of aromatic amines is 1. The van der Waals surface area contributed by atoms with E-state index in [1.54, 1.807) is 42.7 Å². The van der Waals surface area contributed by atoms with Crippen LogP contribution in [0.3, 0.4) is 0 Å². The van der Waals surface area contributed by atoms with E-state index in [9.17, 15) is 9.59 Å². The number of nitrogens with zero attached hydrogens (tertiary/aromatic N) is 3. The van der Waals surface area contributed by atoms with Crippen molar-refractivity contribution in [1.82, 2.24) is 19.7 Å². The molecule has 3 aromatic rings. The predicted octanol–water partition coefficient (Wildman–Crippen LogP) is 4.17. The lowest BCUT2D eigenvalue weighted by Gasteiger charge is -2.06. The normalized spacial score (nSPS) is 10.9. The Morgan fingerprint density at radius 3 is 2.52 bits per heavy atom. The number of ketones is 2. The van der Waals surface area contributed by atoms with Crippen molar-refractivity contribution in [3.05, 3.63) is 57.6 Å². The predicted molar refractivity (Wildman–Crippen MR) is 112 cm³/mol. The molecule has 0 amide bonds. The van der Waals surface area contributed by atoms with Crippen molar-refractivity contribution < 1.29 is 14.3 Å². The molecule has 0 spiro atoms. The molecule has 2 heterocycles. The quantitative estimate of drug-likeness (QED) is 0.424. The molecule has 1 aromatic carbocycles. The van der Waals surface area contributed by atoms with Gasteiger partial charge in [-0.15, -0.1) is 10.2 Å². The number of halogens is 1.